The second kappa shape index (κ2) is 32.4. The van der Waals surface area contributed by atoms with E-state index in [0.717, 1.165) is 57.7 Å². The van der Waals surface area contributed by atoms with Crippen LogP contribution in [0.2, 0.25) is 0 Å². The van der Waals surface area contributed by atoms with Crippen LogP contribution in [0.15, 0.2) is 60.7 Å². The predicted molar refractivity (Wildman–Crippen MR) is 249 cm³/mol. The number of nitrogens with two attached hydrogens (primary N) is 1. The van der Waals surface area contributed by atoms with E-state index < -0.39 is 65.7 Å². The Morgan fingerprint density at radius 2 is 1.14 bits per heavy atom. The number of nitrogens with one attached hydrogen (secondary N) is 8. The molecular formula is C47H76N10O7Zn. The molecule has 1 fully saturated rings. The van der Waals surface area contributed by atoms with Gasteiger partial charge in [-0.2, -0.15) is 0 Å². The largest absolute Gasteiger partial charge is 0.480 e. The summed E-state index contributed by atoms with van der Waals surface area (Å²) < 4.78 is 0. The number of carbonyl (C=O) groups excluding carboxylic acids is 5. The van der Waals surface area contributed by atoms with E-state index in [9.17, 15) is 33.9 Å². The minimum atomic E-state index is -1.26. The summed E-state index contributed by atoms with van der Waals surface area (Å²) in [4.78, 5) is 84.0. The molecule has 17 nitrogen and oxygen atoms in total. The fourth-order valence-electron chi connectivity index (χ4n) is 7.44. The van der Waals surface area contributed by atoms with E-state index in [1.807, 2.05) is 26.0 Å². The molecule has 18 heteroatoms. The standard InChI is InChI=1S/C47H76N10O7.Zn/c1-33(2)29-38(53-43(59)37(19-11-12-20-48)52-41(58)32-57-27-14-23-50-25-24-49-21-13-22-51-26-28-57)45(61)56-42(34(3)4)46(62)54-39(30-35-15-7-5-8-16-35)44(60)55-40(47(63)64)31-36-17-9-6-10-18-36;/h5-10,15-18,33-34,37-40,42,49-51H,11-14,19-32,48H2,1-4H3,(H,52,58)(H,53,59)(H,54,62)(H,55,60)(H,56,61)(H,63,64);/t37-,38-,39-,40-,42-;/m0./s1. The number of rotatable bonds is 23. The number of hydrogen-bond donors (Lipinski definition) is 10. The van der Waals surface area contributed by atoms with Crippen LogP contribution in [0.5, 0.6) is 0 Å². The Morgan fingerprint density at radius 3 is 1.71 bits per heavy atom. The first kappa shape index (κ1) is 56.8. The molecule has 2 aromatic carbocycles. The summed E-state index contributed by atoms with van der Waals surface area (Å²) in [5.41, 5.74) is 7.23. The van der Waals surface area contributed by atoms with Crippen molar-refractivity contribution in [3.05, 3.63) is 71.8 Å². The van der Waals surface area contributed by atoms with Gasteiger partial charge in [-0.3, -0.25) is 28.9 Å². The molecule has 1 heterocycles. The summed E-state index contributed by atoms with van der Waals surface area (Å²) in [6, 6.07) is 12.4. The van der Waals surface area contributed by atoms with Crippen molar-refractivity contribution in [1.82, 2.24) is 47.4 Å². The van der Waals surface area contributed by atoms with Gasteiger partial charge in [-0.05, 0) is 94.2 Å². The van der Waals surface area contributed by atoms with Crippen molar-refractivity contribution in [3.63, 3.8) is 0 Å². The molecule has 1 aliphatic rings. The Kier molecular flexibility index (Phi) is 28.3. The summed E-state index contributed by atoms with van der Waals surface area (Å²) in [6.07, 6.45) is 3.74. The maximum atomic E-state index is 14.1. The third-order valence-electron chi connectivity index (χ3n) is 11.0. The zero-order valence-electron chi connectivity index (χ0n) is 39.2. The number of amides is 5. The molecule has 65 heavy (non-hydrogen) atoms. The Morgan fingerprint density at radius 1 is 0.615 bits per heavy atom. The Bertz CT molecular complexity index is 1690. The molecule has 2 aromatic rings. The molecule has 0 saturated carbocycles. The van der Waals surface area contributed by atoms with Crippen molar-refractivity contribution >= 4 is 35.5 Å². The van der Waals surface area contributed by atoms with E-state index in [1.54, 1.807) is 62.4 Å². The molecule has 5 amide bonds. The fraction of sp³-hybridized carbons (Fsp3) is 0.617. The molecular weight excluding hydrogens is 882 g/mol. The second-order valence-electron chi connectivity index (χ2n) is 17.4. The second-order valence-corrected chi connectivity index (χ2v) is 17.4. The number of carboxylic acids is 1. The molecule has 11 N–H and O–H groups in total. The smallest absolute Gasteiger partial charge is 0.326 e. The van der Waals surface area contributed by atoms with Gasteiger partial charge in [0.15, 0.2) is 0 Å². The molecule has 0 radical (unpaired) electrons. The molecule has 0 unspecified atom stereocenters. The van der Waals surface area contributed by atoms with Crippen molar-refractivity contribution < 1.29 is 53.4 Å². The minimum absolute atomic E-state index is 0. The van der Waals surface area contributed by atoms with Gasteiger partial charge in [-0.1, -0.05) is 88.4 Å². The molecule has 358 valence electrons. The van der Waals surface area contributed by atoms with Gasteiger partial charge in [0.1, 0.15) is 30.2 Å². The van der Waals surface area contributed by atoms with Crippen LogP contribution in [0.25, 0.3) is 0 Å². The summed E-state index contributed by atoms with van der Waals surface area (Å²) in [6.45, 7) is 14.4. The predicted octanol–water partition coefficient (Wildman–Crippen LogP) is 0.674. The summed E-state index contributed by atoms with van der Waals surface area (Å²) in [5, 5.41) is 34.4. The summed E-state index contributed by atoms with van der Waals surface area (Å²) in [5.74, 6) is -4.45. The van der Waals surface area contributed by atoms with Gasteiger partial charge < -0.3 is 53.4 Å². The first-order valence-corrected chi connectivity index (χ1v) is 23.1. The fourth-order valence-corrected chi connectivity index (χ4v) is 7.44. The Labute approximate surface area is 398 Å². The number of aliphatic carboxylic acids is 1. The Balaban J connectivity index is 0.0000145. The zero-order chi connectivity index (χ0) is 46.7. The van der Waals surface area contributed by atoms with E-state index in [0.29, 0.717) is 44.5 Å². The van der Waals surface area contributed by atoms with Crippen LogP contribution in [0.3, 0.4) is 0 Å². The van der Waals surface area contributed by atoms with Gasteiger partial charge in [0.2, 0.25) is 29.5 Å². The number of carboxylic acid groups (broad SMARTS) is 1. The van der Waals surface area contributed by atoms with E-state index in [4.69, 9.17) is 5.73 Å². The third kappa shape index (κ3) is 23.1. The number of unbranched alkanes of at least 4 members (excludes halogenated alkanes) is 1. The first-order chi connectivity index (χ1) is 30.8. The molecule has 1 aliphatic heterocycles. The van der Waals surface area contributed by atoms with Gasteiger partial charge in [-0.25, -0.2) is 4.79 Å². The first-order valence-electron chi connectivity index (χ1n) is 23.1. The van der Waals surface area contributed by atoms with Crippen LogP contribution >= 0.6 is 0 Å². The zero-order valence-corrected chi connectivity index (χ0v) is 42.1. The Hall–Kier alpha value is -4.32. The van der Waals surface area contributed by atoms with Crippen LogP contribution < -0.4 is 48.3 Å². The molecule has 5 atom stereocenters. The maximum absolute atomic E-state index is 14.1. The quantitative estimate of drug-likeness (QED) is 0.0546. The van der Waals surface area contributed by atoms with E-state index in [-0.39, 0.29) is 57.1 Å². The minimum Gasteiger partial charge on any atom is -0.480 e. The van der Waals surface area contributed by atoms with Gasteiger partial charge >= 0.3 is 5.97 Å². The van der Waals surface area contributed by atoms with Crippen molar-refractivity contribution in [2.45, 2.75) is 109 Å². The molecule has 0 bridgehead atoms. The monoisotopic (exact) mass is 957 g/mol. The summed E-state index contributed by atoms with van der Waals surface area (Å²) >= 11 is 0. The number of hydrogen-bond acceptors (Lipinski definition) is 11. The van der Waals surface area contributed by atoms with Crippen LogP contribution in [0.1, 0.15) is 77.3 Å². The van der Waals surface area contributed by atoms with Gasteiger partial charge in [0, 0.05) is 58.5 Å². The molecule has 1 saturated heterocycles. The van der Waals surface area contributed by atoms with Crippen molar-refractivity contribution in [3.8, 4) is 0 Å². The number of nitrogens with zero attached hydrogens (tertiary/aromatic N) is 1. The topological polar surface area (TPSA) is 248 Å². The van der Waals surface area contributed by atoms with Crippen molar-refractivity contribution in [1.29, 1.82) is 0 Å². The molecule has 0 aromatic heterocycles. The van der Waals surface area contributed by atoms with Crippen molar-refractivity contribution in [2.75, 3.05) is 65.4 Å². The van der Waals surface area contributed by atoms with Crippen LogP contribution in [0, 0.1) is 11.8 Å². The van der Waals surface area contributed by atoms with Gasteiger partial charge in [0.05, 0.1) is 6.54 Å². The van der Waals surface area contributed by atoms with E-state index >= 15 is 0 Å². The number of benzene rings is 2. The molecule has 3 rings (SSSR count). The van der Waals surface area contributed by atoms with Crippen LogP contribution in [0.4, 0.5) is 0 Å². The SMILES string of the molecule is CC(C)C[C@H](NC(=O)[C@H](CCCCN)NC(=O)CN1CCCNCCNCCCNCC1)C(=O)N[C@H](C(=O)N[C@@H](Cc1ccccc1)C(=O)N[C@@H](Cc1ccccc1)C(=O)O)C(C)C.[Zn]. The maximum Gasteiger partial charge on any atom is 0.326 e. The normalized spacial score (nSPS) is 16.6. The van der Waals surface area contributed by atoms with Crippen LogP contribution in [-0.4, -0.2) is 141 Å². The van der Waals surface area contributed by atoms with Crippen LogP contribution in [-0.2, 0) is 61.1 Å². The van der Waals surface area contributed by atoms with Gasteiger partial charge in [0.25, 0.3) is 0 Å². The van der Waals surface area contributed by atoms with Crippen molar-refractivity contribution in [2.24, 2.45) is 17.6 Å². The van der Waals surface area contributed by atoms with Gasteiger partial charge in [-0.15, -0.1) is 0 Å². The number of carbonyl (C=O) groups is 6. The van der Waals surface area contributed by atoms with E-state index in [1.165, 1.54) is 0 Å². The summed E-state index contributed by atoms with van der Waals surface area (Å²) in [7, 11) is 0. The average molecular weight is 959 g/mol. The molecule has 0 aliphatic carbocycles. The molecule has 0 spiro atoms. The van der Waals surface area contributed by atoms with E-state index in [2.05, 4.69) is 47.4 Å². The average Bonchev–Trinajstić information content (AvgIpc) is 3.26. The third-order valence-corrected chi connectivity index (χ3v) is 11.0.